The lowest BCUT2D eigenvalue weighted by molar-refractivity contribution is -0.117. The van der Waals surface area contributed by atoms with Crippen molar-refractivity contribution in [3.8, 4) is 0 Å². The maximum absolute atomic E-state index is 11.6. The Morgan fingerprint density at radius 3 is 2.89 bits per heavy atom. The van der Waals surface area contributed by atoms with Crippen LogP contribution < -0.4 is 11.1 Å². The number of hydrogen-bond acceptors (Lipinski definition) is 4. The first kappa shape index (κ1) is 12.9. The van der Waals surface area contributed by atoms with E-state index in [4.69, 9.17) is 15.2 Å². The number of carbonyl (C=O) groups is 1. The summed E-state index contributed by atoms with van der Waals surface area (Å²) in [5.41, 5.74) is 6.99. The molecule has 1 aliphatic heterocycles. The molecule has 0 aromatic heterocycles. The number of anilines is 2. The van der Waals surface area contributed by atoms with Gasteiger partial charge in [-0.3, -0.25) is 4.79 Å². The normalized spacial score (nSPS) is 18.8. The molecule has 0 saturated carbocycles. The number of nitrogens with two attached hydrogens (primary N) is 1. The van der Waals surface area contributed by atoms with Crippen molar-refractivity contribution < 1.29 is 14.3 Å². The van der Waals surface area contributed by atoms with Gasteiger partial charge < -0.3 is 20.5 Å². The molecule has 1 atom stereocenters. The fraction of sp³-hybridized carbons (Fsp3) is 0.462. The minimum absolute atomic E-state index is 0.0568. The van der Waals surface area contributed by atoms with Gasteiger partial charge in [-0.2, -0.15) is 0 Å². The summed E-state index contributed by atoms with van der Waals surface area (Å²) in [7, 11) is 0. The van der Waals surface area contributed by atoms with Crippen LogP contribution in [-0.4, -0.2) is 31.8 Å². The number of rotatable bonds is 5. The molecule has 5 heteroatoms. The van der Waals surface area contributed by atoms with E-state index in [2.05, 4.69) is 5.32 Å². The average Bonchev–Trinajstić information content (AvgIpc) is 2.85. The van der Waals surface area contributed by atoms with Crippen molar-refractivity contribution >= 4 is 17.3 Å². The lowest BCUT2D eigenvalue weighted by Crippen LogP contribution is -2.18. The molecule has 1 aromatic carbocycles. The first-order valence-corrected chi connectivity index (χ1v) is 6.09. The molecule has 0 radical (unpaired) electrons. The van der Waals surface area contributed by atoms with Crippen LogP contribution in [0.1, 0.15) is 12.8 Å². The highest BCUT2D eigenvalue weighted by Crippen LogP contribution is 2.11. The van der Waals surface area contributed by atoms with E-state index >= 15 is 0 Å². The van der Waals surface area contributed by atoms with E-state index in [0.717, 1.165) is 18.7 Å². The second kappa shape index (κ2) is 6.37. The number of nitrogen functional groups attached to an aromatic ring is 1. The van der Waals surface area contributed by atoms with Crippen LogP contribution in [0.2, 0.25) is 0 Å². The zero-order valence-corrected chi connectivity index (χ0v) is 10.2. The van der Waals surface area contributed by atoms with Gasteiger partial charge in [0.15, 0.2) is 0 Å². The molecular formula is C13H18N2O3. The van der Waals surface area contributed by atoms with E-state index in [9.17, 15) is 4.79 Å². The maximum Gasteiger partial charge on any atom is 0.226 e. The Balaban J connectivity index is 1.66. The van der Waals surface area contributed by atoms with Crippen molar-refractivity contribution in [2.24, 2.45) is 0 Å². The summed E-state index contributed by atoms with van der Waals surface area (Å²) in [5, 5.41) is 2.79. The zero-order valence-electron chi connectivity index (χ0n) is 10.2. The first-order chi connectivity index (χ1) is 8.74. The highest BCUT2D eigenvalue weighted by Gasteiger charge is 2.16. The summed E-state index contributed by atoms with van der Waals surface area (Å²) in [6.07, 6.45) is 1.41. The Morgan fingerprint density at radius 1 is 1.44 bits per heavy atom. The molecule has 2 rings (SSSR count). The second-order valence-corrected chi connectivity index (χ2v) is 4.28. The third-order valence-electron chi connectivity index (χ3n) is 2.77. The van der Waals surface area contributed by atoms with E-state index < -0.39 is 0 Å². The van der Waals surface area contributed by atoms with Gasteiger partial charge in [0.25, 0.3) is 0 Å². The molecule has 1 amide bonds. The van der Waals surface area contributed by atoms with Gasteiger partial charge in [-0.15, -0.1) is 0 Å². The van der Waals surface area contributed by atoms with Crippen LogP contribution in [0, 0.1) is 0 Å². The van der Waals surface area contributed by atoms with E-state index in [0.29, 0.717) is 25.3 Å². The monoisotopic (exact) mass is 250 g/mol. The van der Waals surface area contributed by atoms with E-state index in [1.54, 1.807) is 24.3 Å². The van der Waals surface area contributed by atoms with Crippen LogP contribution in [0.5, 0.6) is 0 Å². The van der Waals surface area contributed by atoms with Crippen molar-refractivity contribution in [2.75, 3.05) is 30.9 Å². The molecule has 1 aliphatic rings. The predicted molar refractivity (Wildman–Crippen MR) is 69.3 cm³/mol. The Labute approximate surface area is 106 Å². The van der Waals surface area contributed by atoms with Gasteiger partial charge in [-0.1, -0.05) is 0 Å². The van der Waals surface area contributed by atoms with Crippen molar-refractivity contribution in [1.82, 2.24) is 0 Å². The molecule has 1 aromatic rings. The van der Waals surface area contributed by atoms with Gasteiger partial charge in [-0.25, -0.2) is 0 Å². The summed E-state index contributed by atoms with van der Waals surface area (Å²) in [4.78, 5) is 11.6. The largest absolute Gasteiger partial charge is 0.399 e. The highest BCUT2D eigenvalue weighted by atomic mass is 16.5. The Kier molecular flexibility index (Phi) is 4.55. The molecule has 98 valence electrons. The second-order valence-electron chi connectivity index (χ2n) is 4.28. The average molecular weight is 250 g/mol. The lowest BCUT2D eigenvalue weighted by Gasteiger charge is -2.09. The van der Waals surface area contributed by atoms with Gasteiger partial charge in [0.1, 0.15) is 0 Å². The molecule has 5 nitrogen and oxygen atoms in total. The molecule has 3 N–H and O–H groups in total. The van der Waals surface area contributed by atoms with Crippen LogP contribution in [0.4, 0.5) is 11.4 Å². The number of benzene rings is 1. The number of nitrogens with one attached hydrogen (secondary N) is 1. The molecule has 18 heavy (non-hydrogen) atoms. The third-order valence-corrected chi connectivity index (χ3v) is 2.77. The van der Waals surface area contributed by atoms with Crippen LogP contribution >= 0.6 is 0 Å². The molecule has 1 fully saturated rings. The SMILES string of the molecule is Nc1ccc(NC(=O)CCOC2CCOC2)cc1. The molecule has 0 aliphatic carbocycles. The first-order valence-electron chi connectivity index (χ1n) is 6.09. The van der Waals surface area contributed by atoms with Gasteiger partial charge in [-0.05, 0) is 30.7 Å². The maximum atomic E-state index is 11.6. The zero-order chi connectivity index (χ0) is 12.8. The van der Waals surface area contributed by atoms with Crippen LogP contribution in [0.15, 0.2) is 24.3 Å². The van der Waals surface area contributed by atoms with Crippen LogP contribution in [-0.2, 0) is 14.3 Å². The Bertz CT molecular complexity index is 386. The topological polar surface area (TPSA) is 73.6 Å². The summed E-state index contributed by atoms with van der Waals surface area (Å²) in [6, 6.07) is 7.06. The molecule has 1 saturated heterocycles. The molecule has 0 bridgehead atoms. The van der Waals surface area contributed by atoms with Crippen molar-refractivity contribution in [1.29, 1.82) is 0 Å². The summed E-state index contributed by atoms with van der Waals surface area (Å²) in [5.74, 6) is -0.0568. The van der Waals surface area contributed by atoms with Crippen molar-refractivity contribution in [3.63, 3.8) is 0 Å². The summed E-state index contributed by atoms with van der Waals surface area (Å²) >= 11 is 0. The number of hydrogen-bond donors (Lipinski definition) is 2. The van der Waals surface area contributed by atoms with Crippen LogP contribution in [0.3, 0.4) is 0 Å². The van der Waals surface area contributed by atoms with Crippen molar-refractivity contribution in [3.05, 3.63) is 24.3 Å². The van der Waals surface area contributed by atoms with Crippen molar-refractivity contribution in [2.45, 2.75) is 18.9 Å². The summed E-state index contributed by atoms with van der Waals surface area (Å²) < 4.78 is 10.7. The minimum atomic E-state index is -0.0568. The molecular weight excluding hydrogens is 232 g/mol. The quantitative estimate of drug-likeness (QED) is 0.775. The smallest absolute Gasteiger partial charge is 0.226 e. The Hall–Kier alpha value is -1.59. The fourth-order valence-electron chi connectivity index (χ4n) is 1.75. The standard InChI is InChI=1S/C13H18N2O3/c14-10-1-3-11(4-2-10)15-13(16)6-8-18-12-5-7-17-9-12/h1-4,12H,5-9,14H2,(H,15,16). The van der Waals surface area contributed by atoms with E-state index in [1.807, 2.05) is 0 Å². The lowest BCUT2D eigenvalue weighted by atomic mass is 10.3. The van der Waals surface area contributed by atoms with E-state index in [1.165, 1.54) is 0 Å². The fourth-order valence-corrected chi connectivity index (χ4v) is 1.75. The van der Waals surface area contributed by atoms with Gasteiger partial charge in [0.2, 0.25) is 5.91 Å². The predicted octanol–water partition coefficient (Wildman–Crippen LogP) is 1.40. The number of amides is 1. The molecule has 1 heterocycles. The van der Waals surface area contributed by atoms with Gasteiger partial charge in [0, 0.05) is 18.0 Å². The van der Waals surface area contributed by atoms with Gasteiger partial charge in [0.05, 0.1) is 25.7 Å². The Morgan fingerprint density at radius 2 is 2.22 bits per heavy atom. The van der Waals surface area contributed by atoms with Crippen LogP contribution in [0.25, 0.3) is 0 Å². The van der Waals surface area contributed by atoms with E-state index in [-0.39, 0.29) is 12.0 Å². The summed E-state index contributed by atoms with van der Waals surface area (Å²) in [6.45, 7) is 1.82. The molecule has 0 spiro atoms. The molecule has 1 unspecified atom stereocenters. The highest BCUT2D eigenvalue weighted by molar-refractivity contribution is 5.90. The number of carbonyl (C=O) groups excluding carboxylic acids is 1. The number of ether oxygens (including phenoxy) is 2. The third kappa shape index (κ3) is 4.01. The van der Waals surface area contributed by atoms with Gasteiger partial charge >= 0.3 is 0 Å². The minimum Gasteiger partial charge on any atom is -0.399 e.